The second-order valence-corrected chi connectivity index (χ2v) is 9.99. The van der Waals surface area contributed by atoms with Crippen LogP contribution >= 0.6 is 11.3 Å². The molecule has 34 heavy (non-hydrogen) atoms. The summed E-state index contributed by atoms with van der Waals surface area (Å²) in [5.41, 5.74) is 2.80. The molecular formula is C26H31N3O4S. The van der Waals surface area contributed by atoms with Crippen LogP contribution in [0.4, 0.5) is 5.69 Å². The van der Waals surface area contributed by atoms with Crippen LogP contribution in [0.15, 0.2) is 35.4 Å². The Balaban J connectivity index is 1.37. The monoisotopic (exact) mass is 481 g/mol. The molecule has 4 rings (SSSR count). The van der Waals surface area contributed by atoms with E-state index < -0.39 is 12.1 Å². The molecule has 0 saturated heterocycles. The van der Waals surface area contributed by atoms with Gasteiger partial charge in [0.05, 0.1) is 18.1 Å². The number of para-hydroxylation sites is 1. The maximum absolute atomic E-state index is 13.0. The summed E-state index contributed by atoms with van der Waals surface area (Å²) in [6.45, 7) is 5.92. The first-order valence-electron chi connectivity index (χ1n) is 12.0. The molecule has 3 aromatic rings. The van der Waals surface area contributed by atoms with Gasteiger partial charge in [0.1, 0.15) is 4.83 Å². The van der Waals surface area contributed by atoms with Crippen molar-refractivity contribution in [2.75, 3.05) is 5.32 Å². The first-order valence-corrected chi connectivity index (χ1v) is 12.8. The molecule has 2 unspecified atom stereocenters. The molecule has 1 aliphatic carbocycles. The molecule has 2 aromatic heterocycles. The third kappa shape index (κ3) is 5.06. The number of rotatable bonds is 8. The summed E-state index contributed by atoms with van der Waals surface area (Å²) in [6.07, 6.45) is 5.64. The van der Waals surface area contributed by atoms with E-state index >= 15 is 0 Å². The number of esters is 1. The maximum Gasteiger partial charge on any atom is 0.308 e. The minimum atomic E-state index is -0.946. The lowest BCUT2D eigenvalue weighted by Gasteiger charge is -2.18. The quantitative estimate of drug-likeness (QED) is 0.466. The van der Waals surface area contributed by atoms with E-state index in [4.69, 9.17) is 4.74 Å². The minimum absolute atomic E-state index is 0.0134. The van der Waals surface area contributed by atoms with Crippen molar-refractivity contribution in [2.45, 2.75) is 77.9 Å². The van der Waals surface area contributed by atoms with Crippen molar-refractivity contribution >= 4 is 39.1 Å². The van der Waals surface area contributed by atoms with Gasteiger partial charge in [-0.1, -0.05) is 32.0 Å². The summed E-state index contributed by atoms with van der Waals surface area (Å²) in [4.78, 5) is 44.6. The summed E-state index contributed by atoms with van der Waals surface area (Å²) in [6, 6.07) is 7.66. The van der Waals surface area contributed by atoms with Crippen molar-refractivity contribution in [2.24, 2.45) is 0 Å². The summed E-state index contributed by atoms with van der Waals surface area (Å²) < 4.78 is 6.82. The van der Waals surface area contributed by atoms with Gasteiger partial charge in [0.25, 0.3) is 11.5 Å². The maximum atomic E-state index is 13.0. The Morgan fingerprint density at radius 1 is 1.21 bits per heavy atom. The second kappa shape index (κ2) is 10.5. The molecule has 1 aromatic carbocycles. The lowest BCUT2D eigenvalue weighted by atomic mass is 9.97. The molecule has 2 heterocycles. The topological polar surface area (TPSA) is 90.3 Å². The number of ether oxygens (including phenoxy) is 1. The second-order valence-electron chi connectivity index (χ2n) is 8.90. The van der Waals surface area contributed by atoms with Crippen LogP contribution in [0.1, 0.15) is 68.4 Å². The molecule has 1 amide bonds. The van der Waals surface area contributed by atoms with Crippen molar-refractivity contribution in [3.8, 4) is 0 Å². The lowest BCUT2D eigenvalue weighted by molar-refractivity contribution is -0.153. The number of carbonyl (C=O) groups excluding carboxylic acids is 2. The first kappa shape index (κ1) is 24.1. The number of carbonyl (C=O) groups is 2. The molecule has 8 heteroatoms. The molecule has 180 valence electrons. The van der Waals surface area contributed by atoms with E-state index in [1.165, 1.54) is 15.8 Å². The number of thiophene rings is 1. The largest absolute Gasteiger partial charge is 0.452 e. The SMILES string of the molecule is CCC(C)c1ccccc1NC(=O)C(C)OC(=O)CCn1cnc2sc3c(c2c1=O)CCCC3. The zero-order chi connectivity index (χ0) is 24.2. The molecule has 0 aliphatic heterocycles. The summed E-state index contributed by atoms with van der Waals surface area (Å²) in [7, 11) is 0. The fraction of sp³-hybridized carbons (Fsp3) is 0.462. The van der Waals surface area contributed by atoms with Gasteiger partial charge in [-0.05, 0) is 62.1 Å². The number of fused-ring (bicyclic) bond motifs is 3. The minimum Gasteiger partial charge on any atom is -0.452 e. The highest BCUT2D eigenvalue weighted by Crippen LogP contribution is 2.33. The van der Waals surface area contributed by atoms with Gasteiger partial charge in [-0.25, -0.2) is 4.98 Å². The number of nitrogens with one attached hydrogen (secondary N) is 1. The number of benzene rings is 1. The van der Waals surface area contributed by atoms with Gasteiger partial charge < -0.3 is 10.1 Å². The van der Waals surface area contributed by atoms with Crippen LogP contribution in [0.3, 0.4) is 0 Å². The van der Waals surface area contributed by atoms with E-state index in [1.807, 2.05) is 24.3 Å². The zero-order valence-corrected chi connectivity index (χ0v) is 20.7. The summed E-state index contributed by atoms with van der Waals surface area (Å²) in [5.74, 6) is -0.612. The Kier molecular flexibility index (Phi) is 7.46. The average molecular weight is 482 g/mol. The number of aromatic nitrogens is 2. The highest BCUT2D eigenvalue weighted by Gasteiger charge is 2.22. The number of hydrogen-bond acceptors (Lipinski definition) is 6. The number of anilines is 1. The van der Waals surface area contributed by atoms with Crippen molar-refractivity contribution in [3.05, 3.63) is 57.0 Å². The third-order valence-corrected chi connectivity index (χ3v) is 7.74. The van der Waals surface area contributed by atoms with Gasteiger partial charge >= 0.3 is 5.97 Å². The smallest absolute Gasteiger partial charge is 0.308 e. The highest BCUT2D eigenvalue weighted by molar-refractivity contribution is 7.18. The normalized spacial score (nSPS) is 14.9. The Morgan fingerprint density at radius 3 is 2.76 bits per heavy atom. The lowest BCUT2D eigenvalue weighted by Crippen LogP contribution is -2.31. The van der Waals surface area contributed by atoms with E-state index in [9.17, 15) is 14.4 Å². The number of nitrogens with zero attached hydrogens (tertiary/aromatic N) is 2. The van der Waals surface area contributed by atoms with Crippen LogP contribution in [0.2, 0.25) is 0 Å². The molecular weight excluding hydrogens is 450 g/mol. The van der Waals surface area contributed by atoms with Crippen LogP contribution in [0.5, 0.6) is 0 Å². The van der Waals surface area contributed by atoms with Crippen LogP contribution < -0.4 is 10.9 Å². The Hall–Kier alpha value is -3.00. The van der Waals surface area contributed by atoms with Gasteiger partial charge in [0.15, 0.2) is 6.10 Å². The molecule has 0 spiro atoms. The van der Waals surface area contributed by atoms with Crippen LogP contribution in [0, 0.1) is 0 Å². The van der Waals surface area contributed by atoms with Crippen molar-refractivity contribution < 1.29 is 14.3 Å². The molecule has 0 fully saturated rings. The number of hydrogen-bond donors (Lipinski definition) is 1. The van der Waals surface area contributed by atoms with Gasteiger partial charge in [-0.3, -0.25) is 19.0 Å². The molecule has 2 atom stereocenters. The van der Waals surface area contributed by atoms with E-state index in [2.05, 4.69) is 24.1 Å². The standard InChI is InChI=1S/C26H31N3O4S/c1-4-16(2)18-9-5-7-11-20(18)28-24(31)17(3)33-22(30)13-14-29-15-27-25-23(26(29)32)19-10-6-8-12-21(19)34-25/h5,7,9,11,15-17H,4,6,8,10,12-14H2,1-3H3,(H,28,31). The molecule has 0 saturated carbocycles. The van der Waals surface area contributed by atoms with Crippen LogP contribution in [0.25, 0.3) is 10.2 Å². The predicted octanol–water partition coefficient (Wildman–Crippen LogP) is 4.81. The Morgan fingerprint density at radius 2 is 1.97 bits per heavy atom. The first-order chi connectivity index (χ1) is 16.4. The van der Waals surface area contributed by atoms with Crippen LogP contribution in [-0.4, -0.2) is 27.5 Å². The van der Waals surface area contributed by atoms with E-state index in [0.717, 1.165) is 53.7 Å². The zero-order valence-electron chi connectivity index (χ0n) is 19.9. The average Bonchev–Trinajstić information content (AvgIpc) is 3.22. The van der Waals surface area contributed by atoms with Gasteiger partial charge in [0.2, 0.25) is 0 Å². The summed E-state index contributed by atoms with van der Waals surface area (Å²) in [5, 5.41) is 3.58. The highest BCUT2D eigenvalue weighted by atomic mass is 32.1. The van der Waals surface area contributed by atoms with E-state index in [1.54, 1.807) is 18.3 Å². The fourth-order valence-electron chi connectivity index (χ4n) is 4.36. The van der Waals surface area contributed by atoms with Gasteiger partial charge in [-0.2, -0.15) is 0 Å². The molecule has 0 bridgehead atoms. The van der Waals surface area contributed by atoms with E-state index in [-0.39, 0.29) is 24.4 Å². The van der Waals surface area contributed by atoms with Gasteiger partial charge in [-0.15, -0.1) is 11.3 Å². The fourth-order valence-corrected chi connectivity index (χ4v) is 5.58. The molecule has 0 radical (unpaired) electrons. The summed E-state index contributed by atoms with van der Waals surface area (Å²) >= 11 is 1.60. The Labute approximate surface area is 203 Å². The van der Waals surface area contributed by atoms with Crippen molar-refractivity contribution in [3.63, 3.8) is 0 Å². The molecule has 7 nitrogen and oxygen atoms in total. The molecule has 1 N–H and O–H groups in total. The number of aryl methyl sites for hydroxylation is 3. The molecule has 1 aliphatic rings. The van der Waals surface area contributed by atoms with Crippen LogP contribution in [-0.2, 0) is 33.7 Å². The number of amides is 1. The third-order valence-electron chi connectivity index (χ3n) is 6.54. The van der Waals surface area contributed by atoms with Gasteiger partial charge in [0, 0.05) is 17.1 Å². The predicted molar refractivity (Wildman–Crippen MR) is 134 cm³/mol. The van der Waals surface area contributed by atoms with E-state index in [0.29, 0.717) is 11.3 Å². The van der Waals surface area contributed by atoms with Crippen molar-refractivity contribution in [1.29, 1.82) is 0 Å². The van der Waals surface area contributed by atoms with Crippen molar-refractivity contribution in [1.82, 2.24) is 9.55 Å². The Bertz CT molecular complexity index is 1260.